The average molecular weight is 251 g/mol. The van der Waals surface area contributed by atoms with Crippen LogP contribution < -0.4 is 5.73 Å². The van der Waals surface area contributed by atoms with Crippen molar-refractivity contribution in [3.63, 3.8) is 0 Å². The summed E-state index contributed by atoms with van der Waals surface area (Å²) in [4.78, 5) is 12.5. The molecule has 2 saturated carbocycles. The van der Waals surface area contributed by atoms with Gasteiger partial charge in [0.15, 0.2) is 0 Å². The van der Waals surface area contributed by atoms with Crippen molar-refractivity contribution in [2.75, 3.05) is 6.54 Å². The highest BCUT2D eigenvalue weighted by atomic mass is 16.1. The van der Waals surface area contributed by atoms with Crippen molar-refractivity contribution in [2.24, 2.45) is 23.0 Å². The summed E-state index contributed by atoms with van der Waals surface area (Å²) < 4.78 is 0. The summed E-state index contributed by atoms with van der Waals surface area (Å²) in [5.41, 5.74) is 6.15. The van der Waals surface area contributed by atoms with E-state index in [-0.39, 0.29) is 5.41 Å². The number of ketones is 1. The molecular formula is C16H29NO. The molecule has 2 rings (SSSR count). The fourth-order valence-electron chi connectivity index (χ4n) is 3.85. The second kappa shape index (κ2) is 6.18. The van der Waals surface area contributed by atoms with Gasteiger partial charge in [-0.3, -0.25) is 4.79 Å². The standard InChI is InChI=1S/C16H29NO/c1-13-5-7-14(8-6-13)15(18)11-16(12-17)9-3-2-4-10-16/h13-14H,2-12,17H2,1H3. The molecule has 2 nitrogen and oxygen atoms in total. The molecule has 0 unspecified atom stereocenters. The molecule has 0 bridgehead atoms. The smallest absolute Gasteiger partial charge is 0.136 e. The van der Waals surface area contributed by atoms with Gasteiger partial charge in [-0.25, -0.2) is 0 Å². The highest BCUT2D eigenvalue weighted by Crippen LogP contribution is 2.40. The number of carbonyl (C=O) groups excluding carboxylic acids is 1. The predicted molar refractivity (Wildman–Crippen MR) is 75.3 cm³/mol. The van der Waals surface area contributed by atoms with Crippen molar-refractivity contribution in [3.05, 3.63) is 0 Å². The predicted octanol–water partition coefficient (Wildman–Crippen LogP) is 3.68. The molecule has 18 heavy (non-hydrogen) atoms. The van der Waals surface area contributed by atoms with Crippen LogP contribution in [0.2, 0.25) is 0 Å². The molecule has 0 aromatic carbocycles. The highest BCUT2D eigenvalue weighted by molar-refractivity contribution is 5.81. The third-order valence-corrected chi connectivity index (χ3v) is 5.37. The SMILES string of the molecule is CC1CCC(C(=O)CC2(CN)CCCCC2)CC1. The lowest BCUT2D eigenvalue weighted by Crippen LogP contribution is -2.37. The minimum atomic E-state index is 0.165. The van der Waals surface area contributed by atoms with E-state index in [2.05, 4.69) is 6.92 Å². The van der Waals surface area contributed by atoms with Gasteiger partial charge in [-0.2, -0.15) is 0 Å². The van der Waals surface area contributed by atoms with Crippen molar-refractivity contribution in [3.8, 4) is 0 Å². The lowest BCUT2D eigenvalue weighted by molar-refractivity contribution is -0.126. The summed E-state index contributed by atoms with van der Waals surface area (Å²) in [7, 11) is 0. The molecule has 0 saturated heterocycles. The van der Waals surface area contributed by atoms with Crippen molar-refractivity contribution >= 4 is 5.78 Å². The fraction of sp³-hybridized carbons (Fsp3) is 0.938. The molecule has 104 valence electrons. The molecule has 0 atom stereocenters. The lowest BCUT2D eigenvalue weighted by atomic mass is 9.68. The van der Waals surface area contributed by atoms with E-state index in [1.807, 2.05) is 0 Å². The van der Waals surface area contributed by atoms with Gasteiger partial charge in [0.1, 0.15) is 5.78 Å². The van der Waals surface area contributed by atoms with E-state index < -0.39 is 0 Å². The first-order valence-corrected chi connectivity index (χ1v) is 7.88. The van der Waals surface area contributed by atoms with Crippen LogP contribution in [0.4, 0.5) is 0 Å². The maximum absolute atomic E-state index is 12.5. The Bertz CT molecular complexity index is 273. The van der Waals surface area contributed by atoms with Gasteiger partial charge in [-0.1, -0.05) is 39.0 Å². The molecule has 0 heterocycles. The molecule has 2 N–H and O–H groups in total. The molecular weight excluding hydrogens is 222 g/mol. The van der Waals surface area contributed by atoms with Crippen LogP contribution in [-0.2, 0) is 4.79 Å². The van der Waals surface area contributed by atoms with E-state index >= 15 is 0 Å². The zero-order chi connectivity index (χ0) is 13.0. The molecule has 0 aromatic rings. The first-order chi connectivity index (χ1) is 8.65. The van der Waals surface area contributed by atoms with Crippen molar-refractivity contribution in [1.82, 2.24) is 0 Å². The Morgan fingerprint density at radius 3 is 2.28 bits per heavy atom. The highest BCUT2D eigenvalue weighted by Gasteiger charge is 2.35. The Labute approximate surface area is 112 Å². The summed E-state index contributed by atoms with van der Waals surface area (Å²) >= 11 is 0. The van der Waals surface area contributed by atoms with Crippen LogP contribution in [0.15, 0.2) is 0 Å². The third kappa shape index (κ3) is 3.34. The van der Waals surface area contributed by atoms with E-state index in [9.17, 15) is 4.79 Å². The fourth-order valence-corrected chi connectivity index (χ4v) is 3.85. The molecule has 0 spiro atoms. The molecule has 0 aliphatic heterocycles. The summed E-state index contributed by atoms with van der Waals surface area (Å²) in [6, 6.07) is 0. The molecule has 2 fully saturated rings. The minimum absolute atomic E-state index is 0.165. The van der Waals surface area contributed by atoms with E-state index in [0.717, 1.165) is 25.2 Å². The number of carbonyl (C=O) groups is 1. The van der Waals surface area contributed by atoms with E-state index in [4.69, 9.17) is 5.73 Å². The van der Waals surface area contributed by atoms with Gasteiger partial charge in [-0.05, 0) is 43.6 Å². The number of nitrogens with two attached hydrogens (primary N) is 1. The van der Waals surface area contributed by atoms with Gasteiger partial charge < -0.3 is 5.73 Å². The third-order valence-electron chi connectivity index (χ3n) is 5.37. The van der Waals surface area contributed by atoms with E-state index in [0.29, 0.717) is 18.2 Å². The molecule has 0 radical (unpaired) electrons. The molecule has 2 heteroatoms. The van der Waals surface area contributed by atoms with Crippen molar-refractivity contribution in [2.45, 2.75) is 71.1 Å². The normalized spacial score (nSPS) is 32.1. The van der Waals surface area contributed by atoms with Crippen molar-refractivity contribution in [1.29, 1.82) is 0 Å². The number of rotatable bonds is 4. The van der Waals surface area contributed by atoms with Crippen LogP contribution in [0.3, 0.4) is 0 Å². The van der Waals surface area contributed by atoms with E-state index in [1.165, 1.54) is 44.9 Å². The average Bonchev–Trinajstić information content (AvgIpc) is 2.40. The van der Waals surface area contributed by atoms with Crippen molar-refractivity contribution < 1.29 is 4.79 Å². The number of hydrogen-bond donors (Lipinski definition) is 1. The Balaban J connectivity index is 1.89. The van der Waals surface area contributed by atoms with Gasteiger partial charge >= 0.3 is 0 Å². The molecule has 0 amide bonds. The first kappa shape index (κ1) is 14.0. The Morgan fingerprint density at radius 1 is 1.11 bits per heavy atom. The zero-order valence-electron chi connectivity index (χ0n) is 11.9. The molecule has 0 aromatic heterocycles. The largest absolute Gasteiger partial charge is 0.330 e. The summed E-state index contributed by atoms with van der Waals surface area (Å²) in [5.74, 6) is 1.70. The maximum Gasteiger partial charge on any atom is 0.136 e. The summed E-state index contributed by atoms with van der Waals surface area (Å²) in [5, 5.41) is 0. The molecule has 2 aliphatic carbocycles. The number of hydrogen-bond acceptors (Lipinski definition) is 2. The summed E-state index contributed by atoms with van der Waals surface area (Å²) in [6.45, 7) is 3.02. The summed E-state index contributed by atoms with van der Waals surface area (Å²) in [6.07, 6.45) is 11.7. The molecule has 2 aliphatic rings. The lowest BCUT2D eigenvalue weighted by Gasteiger charge is -2.37. The van der Waals surface area contributed by atoms with Gasteiger partial charge in [0.2, 0.25) is 0 Å². The van der Waals surface area contributed by atoms with Crippen LogP contribution in [0.1, 0.15) is 71.1 Å². The minimum Gasteiger partial charge on any atom is -0.330 e. The van der Waals surface area contributed by atoms with Crippen LogP contribution in [0.25, 0.3) is 0 Å². The quantitative estimate of drug-likeness (QED) is 0.828. The Hall–Kier alpha value is -0.370. The first-order valence-electron chi connectivity index (χ1n) is 7.88. The van der Waals surface area contributed by atoms with Gasteiger partial charge in [-0.15, -0.1) is 0 Å². The Morgan fingerprint density at radius 2 is 1.72 bits per heavy atom. The van der Waals surface area contributed by atoms with Crippen LogP contribution in [0, 0.1) is 17.3 Å². The second-order valence-electron chi connectivity index (χ2n) is 6.86. The van der Waals surface area contributed by atoms with Crippen LogP contribution in [-0.4, -0.2) is 12.3 Å². The van der Waals surface area contributed by atoms with Gasteiger partial charge in [0, 0.05) is 12.3 Å². The zero-order valence-corrected chi connectivity index (χ0v) is 11.9. The maximum atomic E-state index is 12.5. The number of Topliss-reactive ketones (excluding diaryl/α,β-unsaturated/α-hetero) is 1. The van der Waals surface area contributed by atoms with Crippen LogP contribution >= 0.6 is 0 Å². The van der Waals surface area contributed by atoms with E-state index in [1.54, 1.807) is 0 Å². The monoisotopic (exact) mass is 251 g/mol. The van der Waals surface area contributed by atoms with Crippen LogP contribution in [0.5, 0.6) is 0 Å². The van der Waals surface area contributed by atoms with Gasteiger partial charge in [0.05, 0.1) is 0 Å². The Kier molecular flexibility index (Phi) is 4.83. The van der Waals surface area contributed by atoms with Gasteiger partial charge in [0.25, 0.3) is 0 Å². The topological polar surface area (TPSA) is 43.1 Å². The second-order valence-corrected chi connectivity index (χ2v) is 6.86.